The van der Waals surface area contributed by atoms with E-state index in [0.29, 0.717) is 18.4 Å². The first-order chi connectivity index (χ1) is 37.5. The monoisotopic (exact) mass is 1140 g/mol. The van der Waals surface area contributed by atoms with E-state index in [1.807, 2.05) is 6.92 Å². The first kappa shape index (κ1) is 59.9. The molecule has 0 aromatic heterocycles. The van der Waals surface area contributed by atoms with E-state index in [2.05, 4.69) is 26.5 Å². The number of carbonyl (C=O) groups excluding carboxylic acids is 4. The van der Waals surface area contributed by atoms with Gasteiger partial charge in [0.15, 0.2) is 49.4 Å². The van der Waals surface area contributed by atoms with E-state index >= 15 is 0 Å². The van der Waals surface area contributed by atoms with E-state index in [9.17, 15) is 54.9 Å². The SMILES string of the molecule is C=C1CO[C@]2(O[C@@H]3C[C@H]4[C@@H]5CC=C6C[C@@H](O)CC(O[C@H]7OC[C@@H](O)[C@H](O)[C@H]7O[C@H]7O[C@H](C)[C@@H](OC(C)=O)[C@@H](OC(C)=O)[C@H]7OC(C)=O)[C@]6(C)[C@@H]5CC[C@@]4(C)[C@@H]3[C@@H]2C)[C@H](O)[C@@H]1O[C@H]1O[C@H](C)[C@]2(OC(=O)[C@H]([C@@](C)(O)CC)O2)[C@@H](O)[C@H]1O. The van der Waals surface area contributed by atoms with Gasteiger partial charge in [-0.1, -0.05) is 45.9 Å². The summed E-state index contributed by atoms with van der Waals surface area (Å²) in [5.74, 6) is -7.17. The molecule has 24 nitrogen and oxygen atoms in total. The van der Waals surface area contributed by atoms with Crippen LogP contribution in [0.4, 0.5) is 0 Å². The number of ether oxygens (including phenoxy) is 13. The number of rotatable bonds is 11. The largest absolute Gasteiger partial charge is 0.456 e. The summed E-state index contributed by atoms with van der Waals surface area (Å²) in [7, 11) is 0. The zero-order valence-electron chi connectivity index (χ0n) is 47.1. The van der Waals surface area contributed by atoms with E-state index in [0.717, 1.165) is 45.6 Å². The Balaban J connectivity index is 0.856. The lowest BCUT2D eigenvalue weighted by atomic mass is 9.46. The molecule has 24 heteroatoms. The van der Waals surface area contributed by atoms with Gasteiger partial charge in [0.05, 0.1) is 43.2 Å². The fraction of sp³-hybridized carbons (Fsp3) is 0.857. The Morgan fingerprint density at radius 1 is 0.800 bits per heavy atom. The normalized spacial score (nSPS) is 51.5. The third kappa shape index (κ3) is 9.69. The lowest BCUT2D eigenvalue weighted by molar-refractivity contribution is -0.393. The molecule has 7 N–H and O–H groups in total. The second-order valence-electron chi connectivity index (χ2n) is 25.0. The van der Waals surface area contributed by atoms with Crippen LogP contribution in [-0.2, 0) is 80.8 Å². The molecule has 80 heavy (non-hydrogen) atoms. The molecule has 1 unspecified atom stereocenters. The molecule has 4 aliphatic carbocycles. The maximum Gasteiger partial charge on any atom is 0.341 e. The number of hydrogen-bond donors (Lipinski definition) is 7. The molecule has 9 fully saturated rings. The van der Waals surface area contributed by atoms with Gasteiger partial charge in [0.25, 0.3) is 5.79 Å². The molecule has 6 saturated heterocycles. The first-order valence-electron chi connectivity index (χ1n) is 28.3. The summed E-state index contributed by atoms with van der Waals surface area (Å²) in [6.07, 6.45) is -19.3. The van der Waals surface area contributed by atoms with Crippen molar-refractivity contribution in [2.24, 2.45) is 40.4 Å². The molecule has 0 amide bonds. The summed E-state index contributed by atoms with van der Waals surface area (Å²) < 4.78 is 79.7. The van der Waals surface area contributed by atoms with Crippen LogP contribution in [0.3, 0.4) is 0 Å². The first-order valence-corrected chi connectivity index (χ1v) is 28.3. The highest BCUT2D eigenvalue weighted by molar-refractivity contribution is 5.78. The Hall–Kier alpha value is -3.28. The Morgan fingerprint density at radius 3 is 2.15 bits per heavy atom. The highest BCUT2D eigenvalue weighted by Crippen LogP contribution is 2.71. The molecule has 0 radical (unpaired) electrons. The number of aliphatic hydroxyl groups excluding tert-OH is 6. The molecule has 29 atom stereocenters. The molecular formula is C56H82O24. The molecule has 2 spiro atoms. The fourth-order valence-electron chi connectivity index (χ4n) is 16.0. The van der Waals surface area contributed by atoms with Crippen LogP contribution in [0.2, 0.25) is 0 Å². The summed E-state index contributed by atoms with van der Waals surface area (Å²) in [5, 5.41) is 80.5. The van der Waals surface area contributed by atoms with Gasteiger partial charge in [-0.05, 0) is 94.0 Å². The van der Waals surface area contributed by atoms with Crippen LogP contribution in [0.5, 0.6) is 0 Å². The van der Waals surface area contributed by atoms with Crippen molar-refractivity contribution >= 4 is 23.9 Å². The molecule has 0 aromatic carbocycles. The summed E-state index contributed by atoms with van der Waals surface area (Å²) in [5.41, 5.74) is -1.27. The third-order valence-electron chi connectivity index (χ3n) is 20.2. The van der Waals surface area contributed by atoms with E-state index in [1.165, 1.54) is 13.8 Å². The predicted octanol–water partition coefficient (Wildman–Crippen LogP) is 0.864. The average molecular weight is 1140 g/mol. The highest BCUT2D eigenvalue weighted by atomic mass is 16.8. The van der Waals surface area contributed by atoms with Gasteiger partial charge in [-0.3, -0.25) is 14.4 Å². The number of esters is 4. The summed E-state index contributed by atoms with van der Waals surface area (Å²) in [4.78, 5) is 50.1. The van der Waals surface area contributed by atoms with Crippen molar-refractivity contribution in [3.05, 3.63) is 23.8 Å². The van der Waals surface area contributed by atoms with Crippen molar-refractivity contribution < 1.29 is 117 Å². The minimum atomic E-state index is -2.16. The van der Waals surface area contributed by atoms with E-state index < -0.39 is 163 Å². The van der Waals surface area contributed by atoms with Crippen molar-refractivity contribution in [1.29, 1.82) is 0 Å². The van der Waals surface area contributed by atoms with Crippen molar-refractivity contribution in [2.75, 3.05) is 13.2 Å². The predicted molar refractivity (Wildman–Crippen MR) is 268 cm³/mol. The topological polar surface area (TPSA) is 330 Å². The molecule has 6 heterocycles. The molecule has 3 saturated carbocycles. The lowest BCUT2D eigenvalue weighted by Crippen LogP contribution is -2.68. The zero-order valence-corrected chi connectivity index (χ0v) is 47.1. The smallest absolute Gasteiger partial charge is 0.341 e. The van der Waals surface area contributed by atoms with Crippen LogP contribution in [0.25, 0.3) is 0 Å². The zero-order chi connectivity index (χ0) is 58.1. The van der Waals surface area contributed by atoms with Gasteiger partial charge in [0.2, 0.25) is 5.79 Å². The highest BCUT2D eigenvalue weighted by Gasteiger charge is 2.73. The third-order valence-corrected chi connectivity index (χ3v) is 20.2. The Bertz CT molecular complexity index is 2420. The second kappa shape index (κ2) is 21.7. The van der Waals surface area contributed by atoms with Gasteiger partial charge in [-0.25, -0.2) is 4.79 Å². The van der Waals surface area contributed by atoms with Crippen molar-refractivity contribution in [2.45, 2.75) is 248 Å². The minimum Gasteiger partial charge on any atom is -0.456 e. The maximum absolute atomic E-state index is 13.0. The molecule has 0 aromatic rings. The summed E-state index contributed by atoms with van der Waals surface area (Å²) >= 11 is 0. The number of hydrogen-bond acceptors (Lipinski definition) is 24. The maximum atomic E-state index is 13.0. The van der Waals surface area contributed by atoms with E-state index in [1.54, 1.807) is 13.8 Å². The van der Waals surface area contributed by atoms with Gasteiger partial charge < -0.3 is 97.3 Å². The lowest BCUT2D eigenvalue weighted by Gasteiger charge is -2.60. The average Bonchev–Trinajstić information content (AvgIpc) is 4.20. The number of fused-ring (bicyclic) bond motifs is 7. The van der Waals surface area contributed by atoms with Crippen molar-refractivity contribution in [1.82, 2.24) is 0 Å². The van der Waals surface area contributed by atoms with Crippen molar-refractivity contribution in [3.8, 4) is 0 Å². The molecule has 10 rings (SSSR count). The molecule has 6 aliphatic heterocycles. The van der Waals surface area contributed by atoms with Gasteiger partial charge >= 0.3 is 23.9 Å². The van der Waals surface area contributed by atoms with Crippen LogP contribution in [0, 0.1) is 40.4 Å². The van der Waals surface area contributed by atoms with Gasteiger partial charge in [0.1, 0.15) is 42.7 Å². The number of carbonyl (C=O) groups is 4. The fourth-order valence-corrected chi connectivity index (χ4v) is 16.0. The molecule has 450 valence electrons. The van der Waals surface area contributed by atoms with E-state index in [4.69, 9.17) is 61.6 Å². The van der Waals surface area contributed by atoms with Gasteiger partial charge in [-0.15, -0.1) is 0 Å². The Kier molecular flexibility index (Phi) is 16.2. The van der Waals surface area contributed by atoms with Crippen LogP contribution in [0.15, 0.2) is 23.8 Å². The summed E-state index contributed by atoms with van der Waals surface area (Å²) in [6, 6.07) is 0. The number of allylic oxidation sites excluding steroid dienone is 1. The molecule has 0 bridgehead atoms. The van der Waals surface area contributed by atoms with Crippen LogP contribution in [-0.4, -0.2) is 207 Å². The molecular weight excluding hydrogens is 1060 g/mol. The summed E-state index contributed by atoms with van der Waals surface area (Å²) in [6.45, 7) is 19.7. The molecule has 10 aliphatic rings. The van der Waals surface area contributed by atoms with Crippen LogP contribution >= 0.6 is 0 Å². The van der Waals surface area contributed by atoms with Gasteiger partial charge in [-0.2, -0.15) is 0 Å². The Labute approximate surface area is 464 Å². The standard InChI is InChI=1S/C56H82O24/c1-12-53(10,67)47-48(66)80-56(79-47)25(5)71-49(39(63)45(56)64)76-40-22(2)20-69-55(46(40)65)23(3)37-35(78-55)19-33-31-14-13-29-17-30(60)18-36(54(29,11)32(31)15-16-52(33,37)9)75-50-42(38(62)34(61)21-68-50)77-51-44(74-28(8)59)43(73-27(7)58)41(24(4)70-51)72-26(6)57/h13,23-25,30-47,49-51,60-65,67H,2,12,14-21H2,1,3-11H3/t23-,24+,25+,30+,31+,32+,33-,34+,35+,36?,37+,38-,39+,40+,41+,42+,43+,44+,45-,46+,47+,49+,50+,51+,52+,53-,54-,55+,56-/m0/s1. The van der Waals surface area contributed by atoms with Crippen LogP contribution < -0.4 is 0 Å². The Morgan fingerprint density at radius 2 is 1.48 bits per heavy atom. The quantitative estimate of drug-likeness (QED) is 0.0857. The minimum absolute atomic E-state index is 0.0264. The van der Waals surface area contributed by atoms with Gasteiger partial charge in [0, 0.05) is 38.5 Å². The van der Waals surface area contributed by atoms with E-state index in [-0.39, 0.29) is 61.2 Å². The number of aliphatic hydroxyl groups is 7. The second-order valence-corrected chi connectivity index (χ2v) is 25.0. The van der Waals surface area contributed by atoms with Crippen LogP contribution in [0.1, 0.15) is 114 Å². The van der Waals surface area contributed by atoms with Crippen molar-refractivity contribution in [3.63, 3.8) is 0 Å².